The Morgan fingerprint density at radius 2 is 0.911 bits per heavy atom. The average molecular weight is 731 g/mol. The summed E-state index contributed by atoms with van der Waals surface area (Å²) in [6.45, 7) is 0. The third kappa shape index (κ3) is 5.36. The van der Waals surface area contributed by atoms with Crippen LogP contribution in [0.5, 0.6) is 0 Å². The Morgan fingerprint density at radius 3 is 1.70 bits per heavy atom. The van der Waals surface area contributed by atoms with Gasteiger partial charge in [-0.05, 0) is 75.3 Å². The van der Waals surface area contributed by atoms with Crippen LogP contribution in [0.4, 0.5) is 0 Å². The molecule has 0 radical (unpaired) electrons. The van der Waals surface area contributed by atoms with E-state index in [1.807, 2.05) is 11.3 Å². The fourth-order valence-corrected chi connectivity index (χ4v) is 9.68. The summed E-state index contributed by atoms with van der Waals surface area (Å²) in [5.41, 5.74) is 13.9. The standard InChI is InChI=1S/C53H34N2S/c1-3-16-35(17-4-1)38-33-48(36-18-5-2-6-19-36)54-52(34-38)55-49-28-13-11-24-43(49)47-32-37(30-31-50(47)55)39-20-7-8-21-40(39)41-22-9-10-23-42(41)45-26-15-27-46-44-25-12-14-29-51(44)56-53(45)46/h1-34H. The van der Waals surface area contributed by atoms with Crippen LogP contribution in [0.3, 0.4) is 0 Å². The fourth-order valence-electron chi connectivity index (χ4n) is 8.45. The number of hydrogen-bond donors (Lipinski definition) is 0. The molecule has 0 unspecified atom stereocenters. The van der Waals surface area contributed by atoms with Crippen LogP contribution in [-0.2, 0) is 0 Å². The number of hydrogen-bond acceptors (Lipinski definition) is 2. The molecule has 0 aliphatic carbocycles. The van der Waals surface area contributed by atoms with Crippen molar-refractivity contribution < 1.29 is 0 Å². The van der Waals surface area contributed by atoms with Gasteiger partial charge in [-0.2, -0.15) is 0 Å². The van der Waals surface area contributed by atoms with Crippen molar-refractivity contribution in [3.05, 3.63) is 206 Å². The lowest BCUT2D eigenvalue weighted by molar-refractivity contribution is 1.08. The van der Waals surface area contributed by atoms with Crippen LogP contribution < -0.4 is 0 Å². The Balaban J connectivity index is 1.09. The van der Waals surface area contributed by atoms with Crippen LogP contribution in [0.15, 0.2) is 206 Å². The SMILES string of the molecule is c1ccc(-c2cc(-c3ccccc3)nc(-n3c4ccccc4c4cc(-c5ccccc5-c5ccccc5-c5cccc6c5sc5ccccc56)ccc43)c2)cc1. The molecule has 3 aromatic heterocycles. The van der Waals surface area contributed by atoms with Crippen LogP contribution in [0.2, 0.25) is 0 Å². The average Bonchev–Trinajstić information content (AvgIpc) is 3.83. The summed E-state index contributed by atoms with van der Waals surface area (Å²) < 4.78 is 4.98. The van der Waals surface area contributed by atoms with Gasteiger partial charge in [-0.25, -0.2) is 4.98 Å². The van der Waals surface area contributed by atoms with Crippen LogP contribution in [0.25, 0.3) is 104 Å². The highest BCUT2D eigenvalue weighted by atomic mass is 32.1. The van der Waals surface area contributed by atoms with E-state index in [-0.39, 0.29) is 0 Å². The lowest BCUT2D eigenvalue weighted by Gasteiger charge is -2.16. The number of para-hydroxylation sites is 1. The maximum absolute atomic E-state index is 5.34. The third-order valence-electron chi connectivity index (χ3n) is 11.0. The number of nitrogens with zero attached hydrogens (tertiary/aromatic N) is 2. The van der Waals surface area contributed by atoms with E-state index < -0.39 is 0 Å². The normalized spacial score (nSPS) is 11.6. The number of pyridine rings is 1. The number of fused-ring (bicyclic) bond motifs is 6. The highest BCUT2D eigenvalue weighted by molar-refractivity contribution is 7.26. The van der Waals surface area contributed by atoms with Crippen molar-refractivity contribution in [2.45, 2.75) is 0 Å². The number of rotatable bonds is 6. The zero-order chi connectivity index (χ0) is 37.0. The third-order valence-corrected chi connectivity index (χ3v) is 12.3. The summed E-state index contributed by atoms with van der Waals surface area (Å²) in [6.07, 6.45) is 0. The van der Waals surface area contributed by atoms with Gasteiger partial charge in [0.2, 0.25) is 0 Å². The molecular formula is C53H34N2S. The van der Waals surface area contributed by atoms with Gasteiger partial charge in [-0.3, -0.25) is 4.57 Å². The van der Waals surface area contributed by atoms with Crippen LogP contribution in [0, 0.1) is 0 Å². The molecule has 56 heavy (non-hydrogen) atoms. The van der Waals surface area contributed by atoms with Gasteiger partial charge in [0.05, 0.1) is 16.7 Å². The minimum atomic E-state index is 0.897. The zero-order valence-corrected chi connectivity index (χ0v) is 31.2. The van der Waals surface area contributed by atoms with Crippen LogP contribution in [0.1, 0.15) is 0 Å². The van der Waals surface area contributed by atoms with Crippen molar-refractivity contribution in [3.8, 4) is 61.6 Å². The second-order valence-corrected chi connectivity index (χ2v) is 15.3. The van der Waals surface area contributed by atoms with E-state index in [1.54, 1.807) is 0 Å². The summed E-state index contributed by atoms with van der Waals surface area (Å²) in [4.78, 5) is 5.34. The predicted molar refractivity (Wildman–Crippen MR) is 239 cm³/mol. The van der Waals surface area contributed by atoms with E-state index in [2.05, 4.69) is 211 Å². The first kappa shape index (κ1) is 32.4. The maximum Gasteiger partial charge on any atom is 0.138 e. The largest absolute Gasteiger partial charge is 0.294 e. The van der Waals surface area contributed by atoms with Gasteiger partial charge >= 0.3 is 0 Å². The molecule has 0 fully saturated rings. The van der Waals surface area contributed by atoms with Crippen molar-refractivity contribution in [2.75, 3.05) is 0 Å². The number of aromatic nitrogens is 2. The maximum atomic E-state index is 5.34. The van der Waals surface area contributed by atoms with Gasteiger partial charge in [-0.1, -0.05) is 170 Å². The molecule has 11 aromatic rings. The van der Waals surface area contributed by atoms with E-state index in [1.165, 1.54) is 64.3 Å². The summed E-state index contributed by atoms with van der Waals surface area (Å²) in [5, 5.41) is 5.03. The topological polar surface area (TPSA) is 17.8 Å². The Hall–Kier alpha value is -7.07. The van der Waals surface area contributed by atoms with Crippen molar-refractivity contribution in [3.63, 3.8) is 0 Å². The highest BCUT2D eigenvalue weighted by Crippen LogP contribution is 2.45. The molecule has 0 amide bonds. The first-order valence-electron chi connectivity index (χ1n) is 19.0. The van der Waals surface area contributed by atoms with Crippen molar-refractivity contribution >= 4 is 53.3 Å². The highest BCUT2D eigenvalue weighted by Gasteiger charge is 2.19. The van der Waals surface area contributed by atoms with Crippen molar-refractivity contribution in [1.82, 2.24) is 9.55 Å². The minimum absolute atomic E-state index is 0.897. The first-order chi connectivity index (χ1) is 27.8. The Morgan fingerprint density at radius 1 is 0.339 bits per heavy atom. The van der Waals surface area contributed by atoms with E-state index >= 15 is 0 Å². The molecule has 0 saturated carbocycles. The molecule has 2 nitrogen and oxygen atoms in total. The summed E-state index contributed by atoms with van der Waals surface area (Å²) >= 11 is 1.88. The second-order valence-electron chi connectivity index (χ2n) is 14.3. The molecule has 8 aromatic carbocycles. The molecule has 262 valence electrons. The summed E-state index contributed by atoms with van der Waals surface area (Å²) in [7, 11) is 0. The van der Waals surface area contributed by atoms with Gasteiger partial charge in [0.25, 0.3) is 0 Å². The quantitative estimate of drug-likeness (QED) is 0.167. The van der Waals surface area contributed by atoms with Crippen LogP contribution in [-0.4, -0.2) is 9.55 Å². The molecule has 11 rings (SSSR count). The van der Waals surface area contributed by atoms with Gasteiger partial charge < -0.3 is 0 Å². The van der Waals surface area contributed by atoms with Crippen molar-refractivity contribution in [1.29, 1.82) is 0 Å². The molecule has 0 atom stereocenters. The molecule has 0 aliphatic heterocycles. The Bertz CT molecular complexity index is 3190. The Kier molecular flexibility index (Phi) is 7.72. The molecule has 0 bridgehead atoms. The second kappa shape index (κ2) is 13.3. The smallest absolute Gasteiger partial charge is 0.138 e. The molecule has 0 saturated heterocycles. The summed E-state index contributed by atoms with van der Waals surface area (Å²) in [5.74, 6) is 0.897. The fraction of sp³-hybridized carbons (Fsp3) is 0. The van der Waals surface area contributed by atoms with Gasteiger partial charge in [-0.15, -0.1) is 11.3 Å². The molecule has 0 spiro atoms. The number of benzene rings is 8. The molecular weight excluding hydrogens is 697 g/mol. The molecule has 0 N–H and O–H groups in total. The predicted octanol–water partition coefficient (Wildman–Crippen LogP) is 14.9. The van der Waals surface area contributed by atoms with Gasteiger partial charge in [0.1, 0.15) is 5.82 Å². The molecule has 0 aliphatic rings. The van der Waals surface area contributed by atoms with E-state index in [0.29, 0.717) is 0 Å². The van der Waals surface area contributed by atoms with Crippen molar-refractivity contribution in [2.24, 2.45) is 0 Å². The summed E-state index contributed by atoms with van der Waals surface area (Å²) in [6, 6.07) is 74.4. The number of thiophene rings is 1. The van der Waals surface area contributed by atoms with E-state index in [4.69, 9.17) is 4.98 Å². The zero-order valence-electron chi connectivity index (χ0n) is 30.4. The molecule has 3 heterocycles. The molecule has 3 heteroatoms. The van der Waals surface area contributed by atoms with Gasteiger partial charge in [0, 0.05) is 42.1 Å². The Labute approximate surface area is 329 Å². The van der Waals surface area contributed by atoms with Gasteiger partial charge in [0.15, 0.2) is 0 Å². The van der Waals surface area contributed by atoms with Crippen LogP contribution >= 0.6 is 11.3 Å². The monoisotopic (exact) mass is 730 g/mol. The van der Waals surface area contributed by atoms with E-state index in [0.717, 1.165) is 39.2 Å². The lowest BCUT2D eigenvalue weighted by Crippen LogP contribution is -2.00. The first-order valence-corrected chi connectivity index (χ1v) is 19.9. The van der Waals surface area contributed by atoms with E-state index in [9.17, 15) is 0 Å². The lowest BCUT2D eigenvalue weighted by atomic mass is 9.89. The minimum Gasteiger partial charge on any atom is -0.294 e.